The molecule has 0 saturated carbocycles. The third-order valence-electron chi connectivity index (χ3n) is 3.19. The molecule has 1 heterocycles. The Balaban J connectivity index is 2.08. The number of benzene rings is 1. The van der Waals surface area contributed by atoms with Gasteiger partial charge in [0, 0.05) is 23.6 Å². The highest BCUT2D eigenvalue weighted by Crippen LogP contribution is 2.29. The maximum Gasteiger partial charge on any atom is 0.0830 e. The number of nitrogens with two attached hydrogens (primary N) is 1. The molecule has 0 aliphatic carbocycles. The van der Waals surface area contributed by atoms with Crippen molar-refractivity contribution in [3.63, 3.8) is 0 Å². The third-order valence-corrected chi connectivity index (χ3v) is 3.19. The number of anilines is 1. The minimum absolute atomic E-state index is 0.279. The molecule has 3 heteroatoms. The Morgan fingerprint density at radius 2 is 1.94 bits per heavy atom. The van der Waals surface area contributed by atoms with Crippen LogP contribution in [0.25, 0.3) is 0 Å². The Bertz CT molecular complexity index is 499. The fourth-order valence-corrected chi connectivity index (χ4v) is 2.08. The van der Waals surface area contributed by atoms with Crippen LogP contribution in [-0.2, 0) is 0 Å². The quantitative estimate of drug-likeness (QED) is 0.866. The molecule has 0 aliphatic rings. The molecule has 1 aromatic carbocycles. The van der Waals surface area contributed by atoms with Crippen molar-refractivity contribution in [3.05, 3.63) is 59.9 Å². The van der Waals surface area contributed by atoms with Crippen molar-refractivity contribution in [1.82, 2.24) is 4.98 Å². The summed E-state index contributed by atoms with van der Waals surface area (Å²) in [6.07, 6.45) is 3.33. The molecule has 2 aromatic rings. The number of aliphatic hydroxyl groups excluding tert-OH is 1. The highest BCUT2D eigenvalue weighted by atomic mass is 16.3. The van der Waals surface area contributed by atoms with Crippen molar-refractivity contribution in [2.75, 3.05) is 5.73 Å². The summed E-state index contributed by atoms with van der Waals surface area (Å²) >= 11 is 0. The molecule has 0 fully saturated rings. The average molecular weight is 242 g/mol. The van der Waals surface area contributed by atoms with Gasteiger partial charge in [0.2, 0.25) is 0 Å². The molecule has 0 amide bonds. The second-order valence-electron chi connectivity index (χ2n) is 4.57. The Morgan fingerprint density at radius 1 is 1.22 bits per heavy atom. The lowest BCUT2D eigenvalue weighted by Crippen LogP contribution is -2.06. The van der Waals surface area contributed by atoms with Crippen LogP contribution >= 0.6 is 0 Å². The molecule has 0 aliphatic heterocycles. The molecule has 3 nitrogen and oxygen atoms in total. The van der Waals surface area contributed by atoms with Gasteiger partial charge in [-0.05, 0) is 24.0 Å². The van der Waals surface area contributed by atoms with Gasteiger partial charge in [-0.3, -0.25) is 4.98 Å². The molecule has 0 radical (unpaired) electrons. The van der Waals surface area contributed by atoms with Crippen molar-refractivity contribution in [1.29, 1.82) is 0 Å². The van der Waals surface area contributed by atoms with Crippen LogP contribution in [0.3, 0.4) is 0 Å². The van der Waals surface area contributed by atoms with E-state index < -0.39 is 6.10 Å². The first-order valence-electron chi connectivity index (χ1n) is 6.11. The second kappa shape index (κ2) is 5.65. The SMILES string of the molecule is CC(CC(O)c1cnccc1N)c1ccccc1. The van der Waals surface area contributed by atoms with Gasteiger partial charge in [-0.25, -0.2) is 0 Å². The molecular formula is C15H18N2O. The fraction of sp³-hybridized carbons (Fsp3) is 0.267. The highest BCUT2D eigenvalue weighted by molar-refractivity contribution is 5.45. The molecule has 1 aromatic heterocycles. The lowest BCUT2D eigenvalue weighted by Gasteiger charge is -2.18. The third kappa shape index (κ3) is 2.87. The van der Waals surface area contributed by atoms with E-state index in [0.29, 0.717) is 17.7 Å². The summed E-state index contributed by atoms with van der Waals surface area (Å²) in [5.41, 5.74) is 8.36. The molecule has 3 N–H and O–H groups in total. The van der Waals surface area contributed by atoms with E-state index in [4.69, 9.17) is 5.73 Å². The van der Waals surface area contributed by atoms with E-state index >= 15 is 0 Å². The summed E-state index contributed by atoms with van der Waals surface area (Å²) in [5, 5.41) is 10.2. The predicted molar refractivity (Wildman–Crippen MR) is 73.1 cm³/mol. The van der Waals surface area contributed by atoms with Gasteiger partial charge in [-0.15, -0.1) is 0 Å². The highest BCUT2D eigenvalue weighted by Gasteiger charge is 2.15. The van der Waals surface area contributed by atoms with Gasteiger partial charge in [0.25, 0.3) is 0 Å². The van der Waals surface area contributed by atoms with Crippen LogP contribution in [0.5, 0.6) is 0 Å². The molecular weight excluding hydrogens is 224 g/mol. The zero-order valence-electron chi connectivity index (χ0n) is 10.5. The van der Waals surface area contributed by atoms with Crippen LogP contribution in [0.4, 0.5) is 5.69 Å². The summed E-state index contributed by atoms with van der Waals surface area (Å²) in [6.45, 7) is 2.10. The van der Waals surface area contributed by atoms with Crippen molar-refractivity contribution in [2.45, 2.75) is 25.4 Å². The van der Waals surface area contributed by atoms with E-state index in [-0.39, 0.29) is 5.92 Å². The Hall–Kier alpha value is -1.87. The van der Waals surface area contributed by atoms with Gasteiger partial charge in [0.05, 0.1) is 6.10 Å². The van der Waals surface area contributed by atoms with Crippen molar-refractivity contribution >= 4 is 5.69 Å². The number of nitrogen functional groups attached to an aromatic ring is 1. The number of pyridine rings is 1. The zero-order valence-corrected chi connectivity index (χ0v) is 10.5. The summed E-state index contributed by atoms with van der Waals surface area (Å²) < 4.78 is 0. The van der Waals surface area contributed by atoms with Gasteiger partial charge < -0.3 is 10.8 Å². The van der Waals surface area contributed by atoms with Crippen LogP contribution in [0.1, 0.15) is 36.5 Å². The molecule has 0 spiro atoms. The first kappa shape index (κ1) is 12.6. The van der Waals surface area contributed by atoms with Gasteiger partial charge in [0.1, 0.15) is 0 Å². The topological polar surface area (TPSA) is 59.1 Å². The van der Waals surface area contributed by atoms with Gasteiger partial charge in [-0.2, -0.15) is 0 Å². The smallest absolute Gasteiger partial charge is 0.0830 e. The average Bonchev–Trinajstić information content (AvgIpc) is 2.40. The summed E-state index contributed by atoms with van der Waals surface area (Å²) in [7, 11) is 0. The van der Waals surface area contributed by atoms with Crippen molar-refractivity contribution in [3.8, 4) is 0 Å². The zero-order chi connectivity index (χ0) is 13.0. The molecule has 2 atom stereocenters. The second-order valence-corrected chi connectivity index (χ2v) is 4.57. The van der Waals surface area contributed by atoms with Crippen molar-refractivity contribution < 1.29 is 5.11 Å². The lowest BCUT2D eigenvalue weighted by molar-refractivity contribution is 0.160. The minimum Gasteiger partial charge on any atom is -0.398 e. The van der Waals surface area contributed by atoms with Crippen LogP contribution in [0, 0.1) is 0 Å². The number of aromatic nitrogens is 1. The first-order chi connectivity index (χ1) is 8.68. The van der Waals surface area contributed by atoms with E-state index in [1.807, 2.05) is 18.2 Å². The maximum atomic E-state index is 10.2. The van der Waals surface area contributed by atoms with E-state index in [9.17, 15) is 5.11 Å². The minimum atomic E-state index is -0.575. The van der Waals surface area contributed by atoms with E-state index in [0.717, 1.165) is 0 Å². The van der Waals surface area contributed by atoms with Crippen LogP contribution < -0.4 is 5.73 Å². The first-order valence-corrected chi connectivity index (χ1v) is 6.11. The Morgan fingerprint density at radius 3 is 2.61 bits per heavy atom. The number of hydrogen-bond donors (Lipinski definition) is 2. The summed E-state index contributed by atoms with van der Waals surface area (Å²) in [5.74, 6) is 0.279. The number of rotatable bonds is 4. The normalized spacial score (nSPS) is 14.1. The lowest BCUT2D eigenvalue weighted by atomic mass is 9.92. The molecule has 0 bridgehead atoms. The van der Waals surface area contributed by atoms with Gasteiger partial charge >= 0.3 is 0 Å². The van der Waals surface area contributed by atoms with Gasteiger partial charge in [0.15, 0.2) is 0 Å². The molecule has 94 valence electrons. The van der Waals surface area contributed by atoms with Crippen LogP contribution in [0.15, 0.2) is 48.8 Å². The van der Waals surface area contributed by atoms with E-state index in [1.54, 1.807) is 18.5 Å². The van der Waals surface area contributed by atoms with Crippen LogP contribution in [0.2, 0.25) is 0 Å². The predicted octanol–water partition coefficient (Wildman–Crippen LogP) is 2.89. The standard InChI is InChI=1S/C15H18N2O/c1-11(12-5-3-2-4-6-12)9-15(18)13-10-17-8-7-14(13)16/h2-8,10-11,15,18H,9H2,1H3,(H2,16,17). The molecule has 18 heavy (non-hydrogen) atoms. The van der Waals surface area contributed by atoms with Crippen molar-refractivity contribution in [2.24, 2.45) is 0 Å². The van der Waals surface area contributed by atoms with Gasteiger partial charge in [-0.1, -0.05) is 37.3 Å². The fourth-order valence-electron chi connectivity index (χ4n) is 2.08. The molecule has 0 saturated heterocycles. The Kier molecular flexibility index (Phi) is 3.95. The molecule has 2 unspecified atom stereocenters. The maximum absolute atomic E-state index is 10.2. The summed E-state index contributed by atoms with van der Waals surface area (Å²) in [4.78, 5) is 4.01. The number of aliphatic hydroxyl groups is 1. The van der Waals surface area contributed by atoms with E-state index in [2.05, 4.69) is 24.0 Å². The number of hydrogen-bond acceptors (Lipinski definition) is 3. The molecule has 2 rings (SSSR count). The monoisotopic (exact) mass is 242 g/mol. The number of nitrogens with zero attached hydrogens (tertiary/aromatic N) is 1. The Labute approximate surface area is 107 Å². The van der Waals surface area contributed by atoms with Crippen LogP contribution in [-0.4, -0.2) is 10.1 Å². The summed E-state index contributed by atoms with van der Waals surface area (Å²) in [6, 6.07) is 11.9. The largest absolute Gasteiger partial charge is 0.398 e. The van der Waals surface area contributed by atoms with E-state index in [1.165, 1.54) is 5.56 Å².